The Bertz CT molecular complexity index is 1000. The van der Waals surface area contributed by atoms with E-state index in [1.165, 1.54) is 23.5 Å². The van der Waals surface area contributed by atoms with Gasteiger partial charge in [-0.05, 0) is 36.6 Å². The van der Waals surface area contributed by atoms with Crippen molar-refractivity contribution >= 4 is 28.8 Å². The molecule has 1 fully saturated rings. The normalized spacial score (nSPS) is 15.4. The summed E-state index contributed by atoms with van der Waals surface area (Å²) in [5.41, 5.74) is 1.36. The van der Waals surface area contributed by atoms with Crippen LogP contribution in [0.25, 0.3) is 10.8 Å². The molecule has 1 aliphatic rings. The lowest BCUT2D eigenvalue weighted by Gasteiger charge is -2.31. The molecule has 150 valence electrons. The number of carbonyl (C=O) groups is 1. The standard InChI is InChI=1S/C21H20ClFN4OS/c22-17-10-14(23)4-5-16(17)21(6-1-2-7-21)13-26-18(28)11-15-12-29-20(27-15)19-24-8-3-9-25-19/h3-5,8-10,12H,1-2,6-7,11,13H2,(H,26,28). The average Bonchev–Trinajstić information content (AvgIpc) is 3.37. The second kappa shape index (κ2) is 8.55. The lowest BCUT2D eigenvalue weighted by atomic mass is 9.78. The van der Waals surface area contributed by atoms with Crippen molar-refractivity contribution < 1.29 is 9.18 Å². The summed E-state index contributed by atoms with van der Waals surface area (Å²) < 4.78 is 13.5. The zero-order valence-corrected chi connectivity index (χ0v) is 17.3. The van der Waals surface area contributed by atoms with E-state index in [-0.39, 0.29) is 23.6 Å². The Morgan fingerprint density at radius 1 is 1.24 bits per heavy atom. The second-order valence-corrected chi connectivity index (χ2v) is 8.55. The van der Waals surface area contributed by atoms with Gasteiger partial charge < -0.3 is 5.32 Å². The molecule has 0 spiro atoms. The van der Waals surface area contributed by atoms with Crippen LogP contribution in [0, 0.1) is 5.82 Å². The summed E-state index contributed by atoms with van der Waals surface area (Å²) in [6, 6.07) is 6.28. The minimum Gasteiger partial charge on any atom is -0.355 e. The fourth-order valence-corrected chi connectivity index (χ4v) is 5.04. The maximum Gasteiger partial charge on any atom is 0.226 e. The van der Waals surface area contributed by atoms with Crippen molar-refractivity contribution in [1.29, 1.82) is 0 Å². The molecular formula is C21H20ClFN4OS. The van der Waals surface area contributed by atoms with E-state index in [0.717, 1.165) is 31.2 Å². The number of nitrogens with zero attached hydrogens (tertiary/aromatic N) is 3. The molecular weight excluding hydrogens is 411 g/mol. The smallest absolute Gasteiger partial charge is 0.226 e. The number of benzene rings is 1. The molecule has 1 aromatic carbocycles. The SMILES string of the molecule is O=C(Cc1csc(-c2ncccn2)n1)NCC1(c2ccc(F)cc2Cl)CCCC1. The Labute approximate surface area is 177 Å². The van der Waals surface area contributed by atoms with E-state index >= 15 is 0 Å². The highest BCUT2D eigenvalue weighted by atomic mass is 35.5. The Hall–Kier alpha value is -2.38. The van der Waals surface area contributed by atoms with Crippen molar-refractivity contribution in [2.24, 2.45) is 0 Å². The topological polar surface area (TPSA) is 67.8 Å². The molecule has 2 heterocycles. The molecule has 1 amide bonds. The van der Waals surface area contributed by atoms with Gasteiger partial charge in [0.05, 0.1) is 12.1 Å². The highest BCUT2D eigenvalue weighted by molar-refractivity contribution is 7.13. The van der Waals surface area contributed by atoms with E-state index in [9.17, 15) is 9.18 Å². The highest BCUT2D eigenvalue weighted by Crippen LogP contribution is 2.43. The first kappa shape index (κ1) is 19.9. The van der Waals surface area contributed by atoms with Crippen molar-refractivity contribution in [3.05, 3.63) is 64.1 Å². The van der Waals surface area contributed by atoms with Gasteiger partial charge in [-0.1, -0.05) is 30.5 Å². The summed E-state index contributed by atoms with van der Waals surface area (Å²) in [6.07, 6.45) is 7.49. The minimum absolute atomic E-state index is 0.0969. The first-order chi connectivity index (χ1) is 14.1. The summed E-state index contributed by atoms with van der Waals surface area (Å²) in [5.74, 6) is 0.109. The molecule has 8 heteroatoms. The minimum atomic E-state index is -0.349. The Morgan fingerprint density at radius 2 is 2.00 bits per heavy atom. The number of nitrogens with one attached hydrogen (secondary N) is 1. The zero-order valence-electron chi connectivity index (χ0n) is 15.7. The third-order valence-corrected chi connectivity index (χ3v) is 6.54. The van der Waals surface area contributed by atoms with Crippen LogP contribution in [0.4, 0.5) is 4.39 Å². The molecule has 3 aromatic rings. The molecule has 0 aliphatic heterocycles. The monoisotopic (exact) mass is 430 g/mol. The molecule has 0 atom stereocenters. The molecule has 5 nitrogen and oxygen atoms in total. The largest absolute Gasteiger partial charge is 0.355 e. The summed E-state index contributed by atoms with van der Waals surface area (Å²) in [7, 11) is 0. The van der Waals surface area contributed by atoms with Crippen LogP contribution in [0.5, 0.6) is 0 Å². The summed E-state index contributed by atoms with van der Waals surface area (Å²) in [5, 5.41) is 6.02. The zero-order chi connectivity index (χ0) is 20.3. The molecule has 0 saturated heterocycles. The van der Waals surface area contributed by atoms with E-state index in [0.29, 0.717) is 28.1 Å². The van der Waals surface area contributed by atoms with E-state index < -0.39 is 0 Å². The predicted molar refractivity (Wildman–Crippen MR) is 111 cm³/mol. The van der Waals surface area contributed by atoms with Gasteiger partial charge in [-0.15, -0.1) is 11.3 Å². The quantitative estimate of drug-likeness (QED) is 0.622. The number of amides is 1. The van der Waals surface area contributed by atoms with Crippen LogP contribution in [-0.2, 0) is 16.6 Å². The Balaban J connectivity index is 1.42. The van der Waals surface area contributed by atoms with Gasteiger partial charge in [0.2, 0.25) is 5.91 Å². The summed E-state index contributed by atoms with van der Waals surface area (Å²) >= 11 is 7.75. The third kappa shape index (κ3) is 4.46. The maximum atomic E-state index is 13.5. The summed E-state index contributed by atoms with van der Waals surface area (Å²) in [6.45, 7) is 0.482. The fraction of sp³-hybridized carbons (Fsp3) is 0.333. The molecule has 1 aliphatic carbocycles. The van der Waals surface area contributed by atoms with Crippen LogP contribution in [-0.4, -0.2) is 27.4 Å². The Morgan fingerprint density at radius 3 is 2.72 bits per heavy atom. The van der Waals surface area contributed by atoms with Crippen molar-refractivity contribution in [2.45, 2.75) is 37.5 Å². The lowest BCUT2D eigenvalue weighted by molar-refractivity contribution is -0.120. The number of carbonyl (C=O) groups excluding carboxylic acids is 1. The first-order valence-electron chi connectivity index (χ1n) is 9.50. The number of rotatable bonds is 6. The number of thiazole rings is 1. The number of hydrogen-bond acceptors (Lipinski definition) is 5. The summed E-state index contributed by atoms with van der Waals surface area (Å²) in [4.78, 5) is 25.4. The van der Waals surface area contributed by atoms with Crippen LogP contribution >= 0.6 is 22.9 Å². The fourth-order valence-electron chi connectivity index (χ4n) is 3.91. The van der Waals surface area contributed by atoms with Gasteiger partial charge in [-0.25, -0.2) is 19.3 Å². The van der Waals surface area contributed by atoms with Gasteiger partial charge in [0.1, 0.15) is 5.82 Å². The van der Waals surface area contributed by atoms with Crippen LogP contribution < -0.4 is 5.32 Å². The third-order valence-electron chi connectivity index (χ3n) is 5.34. The number of halogens is 2. The van der Waals surface area contributed by atoms with Crippen LogP contribution in [0.2, 0.25) is 5.02 Å². The molecule has 0 radical (unpaired) electrons. The van der Waals surface area contributed by atoms with E-state index in [1.807, 2.05) is 5.38 Å². The molecule has 0 unspecified atom stereocenters. The van der Waals surface area contributed by atoms with Crippen molar-refractivity contribution in [1.82, 2.24) is 20.3 Å². The predicted octanol–water partition coefficient (Wildman–Crippen LogP) is 4.56. The van der Waals surface area contributed by atoms with Gasteiger partial charge in [0.25, 0.3) is 0 Å². The van der Waals surface area contributed by atoms with E-state index in [2.05, 4.69) is 20.3 Å². The molecule has 29 heavy (non-hydrogen) atoms. The average molecular weight is 431 g/mol. The molecule has 2 aromatic heterocycles. The van der Waals surface area contributed by atoms with Crippen LogP contribution in [0.1, 0.15) is 36.9 Å². The van der Waals surface area contributed by atoms with Crippen molar-refractivity contribution in [3.63, 3.8) is 0 Å². The molecule has 0 bridgehead atoms. The van der Waals surface area contributed by atoms with Gasteiger partial charge in [-0.3, -0.25) is 4.79 Å². The second-order valence-electron chi connectivity index (χ2n) is 7.28. The maximum absolute atomic E-state index is 13.5. The molecule has 1 saturated carbocycles. The molecule has 1 N–H and O–H groups in total. The Kier molecular flexibility index (Phi) is 5.87. The van der Waals surface area contributed by atoms with Gasteiger partial charge in [0.15, 0.2) is 10.8 Å². The lowest BCUT2D eigenvalue weighted by Crippen LogP contribution is -2.39. The number of hydrogen-bond donors (Lipinski definition) is 1. The van der Waals surface area contributed by atoms with Crippen molar-refractivity contribution in [3.8, 4) is 10.8 Å². The van der Waals surface area contributed by atoms with E-state index in [1.54, 1.807) is 24.5 Å². The number of aromatic nitrogens is 3. The van der Waals surface area contributed by atoms with Gasteiger partial charge in [-0.2, -0.15) is 0 Å². The van der Waals surface area contributed by atoms with Gasteiger partial charge in [0, 0.05) is 34.8 Å². The van der Waals surface area contributed by atoms with Crippen LogP contribution in [0.3, 0.4) is 0 Å². The van der Waals surface area contributed by atoms with E-state index in [4.69, 9.17) is 11.6 Å². The highest BCUT2D eigenvalue weighted by Gasteiger charge is 2.37. The van der Waals surface area contributed by atoms with Crippen LogP contribution in [0.15, 0.2) is 42.0 Å². The van der Waals surface area contributed by atoms with Crippen molar-refractivity contribution in [2.75, 3.05) is 6.54 Å². The van der Waals surface area contributed by atoms with Gasteiger partial charge >= 0.3 is 0 Å². The molecule has 4 rings (SSSR count). The first-order valence-corrected chi connectivity index (χ1v) is 10.8.